The standard InChI is InChI=1S/C16H19ClN2O3/c1-22-13-5-4-11(17)10-12(13)14(20)19-9-3-7-16(19)6-2-8-18-15(16)21/h4-5,10H,2-3,6-9H2,1H3,(H,18,21). The van der Waals surface area contributed by atoms with Gasteiger partial charge in [0.15, 0.2) is 0 Å². The molecule has 3 rings (SSSR count). The van der Waals surface area contributed by atoms with Gasteiger partial charge in [-0.15, -0.1) is 0 Å². The zero-order valence-corrected chi connectivity index (χ0v) is 13.3. The maximum absolute atomic E-state index is 13.0. The van der Waals surface area contributed by atoms with E-state index in [1.54, 1.807) is 23.1 Å². The second-order valence-corrected chi connectivity index (χ2v) is 6.23. The van der Waals surface area contributed by atoms with Gasteiger partial charge in [-0.05, 0) is 43.9 Å². The minimum Gasteiger partial charge on any atom is -0.496 e. The number of halogens is 1. The third-order valence-corrected chi connectivity index (χ3v) is 4.84. The number of benzene rings is 1. The van der Waals surface area contributed by atoms with Gasteiger partial charge in [-0.3, -0.25) is 9.59 Å². The van der Waals surface area contributed by atoms with E-state index in [9.17, 15) is 9.59 Å². The maximum atomic E-state index is 13.0. The zero-order chi connectivity index (χ0) is 15.7. The second-order valence-electron chi connectivity index (χ2n) is 5.80. The first-order valence-corrected chi connectivity index (χ1v) is 7.90. The highest BCUT2D eigenvalue weighted by Crippen LogP contribution is 2.38. The first-order valence-electron chi connectivity index (χ1n) is 7.52. The molecule has 0 saturated carbocycles. The van der Waals surface area contributed by atoms with Gasteiger partial charge in [-0.1, -0.05) is 11.6 Å². The Morgan fingerprint density at radius 2 is 2.14 bits per heavy atom. The second kappa shape index (κ2) is 5.80. The molecule has 2 amide bonds. The van der Waals surface area contributed by atoms with E-state index in [0.717, 1.165) is 12.8 Å². The van der Waals surface area contributed by atoms with Crippen molar-refractivity contribution in [3.8, 4) is 5.75 Å². The Kier molecular flexibility index (Phi) is 4.00. The molecule has 2 saturated heterocycles. The number of carbonyl (C=O) groups is 2. The van der Waals surface area contributed by atoms with Crippen LogP contribution in [0.1, 0.15) is 36.0 Å². The van der Waals surface area contributed by atoms with Crippen molar-refractivity contribution >= 4 is 23.4 Å². The molecule has 0 bridgehead atoms. The van der Waals surface area contributed by atoms with Crippen molar-refractivity contribution in [2.24, 2.45) is 0 Å². The van der Waals surface area contributed by atoms with E-state index in [1.165, 1.54) is 7.11 Å². The minimum atomic E-state index is -0.706. The van der Waals surface area contributed by atoms with Crippen LogP contribution >= 0.6 is 11.6 Å². The minimum absolute atomic E-state index is 0.0365. The molecule has 1 atom stereocenters. The van der Waals surface area contributed by atoms with E-state index in [4.69, 9.17) is 16.3 Å². The normalized spacial score (nSPS) is 24.5. The predicted molar refractivity (Wildman–Crippen MR) is 83.2 cm³/mol. The van der Waals surface area contributed by atoms with Crippen molar-refractivity contribution in [2.45, 2.75) is 31.2 Å². The fourth-order valence-corrected chi connectivity index (χ4v) is 3.70. The summed E-state index contributed by atoms with van der Waals surface area (Å²) in [5, 5.41) is 3.38. The molecule has 2 aliphatic heterocycles. The van der Waals surface area contributed by atoms with Crippen molar-refractivity contribution in [3.63, 3.8) is 0 Å². The lowest BCUT2D eigenvalue weighted by Gasteiger charge is -2.40. The van der Waals surface area contributed by atoms with Crippen LogP contribution in [0.2, 0.25) is 5.02 Å². The van der Waals surface area contributed by atoms with Gasteiger partial charge in [0.25, 0.3) is 5.91 Å². The smallest absolute Gasteiger partial charge is 0.258 e. The highest BCUT2D eigenvalue weighted by molar-refractivity contribution is 6.31. The SMILES string of the molecule is COc1ccc(Cl)cc1C(=O)N1CCCC12CCCNC2=O. The van der Waals surface area contributed by atoms with Crippen LogP contribution in [0.5, 0.6) is 5.75 Å². The molecule has 5 nitrogen and oxygen atoms in total. The molecule has 118 valence electrons. The van der Waals surface area contributed by atoms with Crippen LogP contribution < -0.4 is 10.1 Å². The molecule has 2 aliphatic rings. The first kappa shape index (κ1) is 15.2. The molecule has 0 aromatic heterocycles. The molecule has 22 heavy (non-hydrogen) atoms. The molecule has 0 aliphatic carbocycles. The number of hydrogen-bond donors (Lipinski definition) is 1. The third kappa shape index (κ3) is 2.33. The van der Waals surface area contributed by atoms with Crippen LogP contribution in [0, 0.1) is 0 Å². The predicted octanol–water partition coefficient (Wildman–Crippen LogP) is 2.23. The quantitative estimate of drug-likeness (QED) is 0.908. The topological polar surface area (TPSA) is 58.6 Å². The monoisotopic (exact) mass is 322 g/mol. The van der Waals surface area contributed by atoms with Gasteiger partial charge < -0.3 is 15.0 Å². The number of rotatable bonds is 2. The molecule has 1 N–H and O–H groups in total. The fourth-order valence-electron chi connectivity index (χ4n) is 3.52. The van der Waals surface area contributed by atoms with E-state index in [-0.39, 0.29) is 11.8 Å². The summed E-state index contributed by atoms with van der Waals surface area (Å²) in [4.78, 5) is 27.1. The average Bonchev–Trinajstić information content (AvgIpc) is 2.94. The van der Waals surface area contributed by atoms with Crippen LogP contribution in [-0.4, -0.2) is 42.5 Å². The van der Waals surface area contributed by atoms with E-state index >= 15 is 0 Å². The number of amides is 2. The van der Waals surface area contributed by atoms with Crippen LogP contribution in [0.15, 0.2) is 18.2 Å². The average molecular weight is 323 g/mol. The largest absolute Gasteiger partial charge is 0.496 e. The maximum Gasteiger partial charge on any atom is 0.258 e. The summed E-state index contributed by atoms with van der Waals surface area (Å²) in [5.74, 6) is 0.257. The highest BCUT2D eigenvalue weighted by Gasteiger charge is 2.50. The Balaban J connectivity index is 1.98. The Hall–Kier alpha value is -1.75. The van der Waals surface area contributed by atoms with Crippen molar-refractivity contribution in [1.29, 1.82) is 0 Å². The molecule has 1 aromatic rings. The number of nitrogens with one attached hydrogen (secondary N) is 1. The molecule has 2 heterocycles. The Bertz CT molecular complexity index is 619. The summed E-state index contributed by atoms with van der Waals surface area (Å²) in [5.41, 5.74) is -0.294. The molecule has 0 radical (unpaired) electrons. The summed E-state index contributed by atoms with van der Waals surface area (Å²) < 4.78 is 5.28. The molecular formula is C16H19ClN2O3. The summed E-state index contributed by atoms with van der Waals surface area (Å²) in [6, 6.07) is 4.97. The van der Waals surface area contributed by atoms with Gasteiger partial charge in [0.05, 0.1) is 12.7 Å². The summed E-state index contributed by atoms with van der Waals surface area (Å²) in [6.07, 6.45) is 3.16. The molecule has 2 fully saturated rings. The van der Waals surface area contributed by atoms with Gasteiger partial charge in [0.2, 0.25) is 5.91 Å². The number of carbonyl (C=O) groups excluding carboxylic acids is 2. The first-order chi connectivity index (χ1) is 10.6. The van der Waals surface area contributed by atoms with Crippen molar-refractivity contribution < 1.29 is 14.3 Å². The van der Waals surface area contributed by atoms with Gasteiger partial charge in [-0.25, -0.2) is 0 Å². The Morgan fingerprint density at radius 3 is 2.86 bits per heavy atom. The van der Waals surface area contributed by atoms with E-state index in [2.05, 4.69) is 5.32 Å². The number of hydrogen-bond acceptors (Lipinski definition) is 3. The van der Waals surface area contributed by atoms with Gasteiger partial charge in [0, 0.05) is 18.1 Å². The van der Waals surface area contributed by atoms with Crippen LogP contribution in [-0.2, 0) is 4.79 Å². The van der Waals surface area contributed by atoms with Crippen LogP contribution in [0.3, 0.4) is 0 Å². The zero-order valence-electron chi connectivity index (χ0n) is 12.5. The van der Waals surface area contributed by atoms with Crippen molar-refractivity contribution in [2.75, 3.05) is 20.2 Å². The lowest BCUT2D eigenvalue weighted by molar-refractivity contribution is -0.133. The number of ether oxygens (including phenoxy) is 1. The molecule has 1 aromatic carbocycles. The van der Waals surface area contributed by atoms with Crippen molar-refractivity contribution in [1.82, 2.24) is 10.2 Å². The highest BCUT2D eigenvalue weighted by atomic mass is 35.5. The third-order valence-electron chi connectivity index (χ3n) is 4.60. The molecular weight excluding hydrogens is 304 g/mol. The summed E-state index contributed by atoms with van der Waals surface area (Å²) >= 11 is 6.02. The Labute approximate surface area is 134 Å². The van der Waals surface area contributed by atoms with Crippen LogP contribution in [0.4, 0.5) is 0 Å². The number of methoxy groups -OCH3 is 1. The molecule has 1 spiro atoms. The van der Waals surface area contributed by atoms with Crippen LogP contribution in [0.25, 0.3) is 0 Å². The lowest BCUT2D eigenvalue weighted by Crippen LogP contribution is -2.60. The van der Waals surface area contributed by atoms with E-state index in [1.807, 2.05) is 0 Å². The number of likely N-dealkylation sites (tertiary alicyclic amines) is 1. The number of piperidine rings is 1. The van der Waals surface area contributed by atoms with Gasteiger partial charge >= 0.3 is 0 Å². The lowest BCUT2D eigenvalue weighted by atomic mass is 9.86. The fraction of sp³-hybridized carbons (Fsp3) is 0.500. The van der Waals surface area contributed by atoms with Gasteiger partial charge in [0.1, 0.15) is 11.3 Å². The van der Waals surface area contributed by atoms with E-state index in [0.29, 0.717) is 42.3 Å². The molecule has 6 heteroatoms. The Morgan fingerprint density at radius 1 is 1.36 bits per heavy atom. The van der Waals surface area contributed by atoms with E-state index < -0.39 is 5.54 Å². The molecule has 1 unspecified atom stereocenters. The summed E-state index contributed by atoms with van der Waals surface area (Å²) in [6.45, 7) is 1.27. The number of nitrogens with zero attached hydrogens (tertiary/aromatic N) is 1. The summed E-state index contributed by atoms with van der Waals surface area (Å²) in [7, 11) is 1.52. The van der Waals surface area contributed by atoms with Crippen molar-refractivity contribution in [3.05, 3.63) is 28.8 Å². The van der Waals surface area contributed by atoms with Gasteiger partial charge in [-0.2, -0.15) is 0 Å².